The van der Waals surface area contributed by atoms with E-state index >= 15 is 0 Å². The van der Waals surface area contributed by atoms with Crippen molar-refractivity contribution in [3.05, 3.63) is 90.3 Å². The highest BCUT2D eigenvalue weighted by Gasteiger charge is 2.41. The first-order valence-corrected chi connectivity index (χ1v) is 11.1. The number of rotatable bonds is 7. The van der Waals surface area contributed by atoms with E-state index in [1.807, 2.05) is 35.4 Å². The Kier molecular flexibility index (Phi) is 6.47. The smallest absolute Gasteiger partial charge is 0.223 e. The minimum Gasteiger partial charge on any atom is -0.396 e. The normalized spacial score (nSPS) is 19.9. The van der Waals surface area contributed by atoms with E-state index in [0.717, 1.165) is 36.1 Å². The lowest BCUT2D eigenvalue weighted by atomic mass is 9.69. The molecule has 1 fully saturated rings. The highest BCUT2D eigenvalue weighted by atomic mass is 16.3. The van der Waals surface area contributed by atoms with Crippen LogP contribution in [0.15, 0.2) is 79.1 Å². The molecule has 160 valence electrons. The lowest BCUT2D eigenvalue weighted by Crippen LogP contribution is -2.47. The summed E-state index contributed by atoms with van der Waals surface area (Å²) in [5, 5.41) is 9.42. The predicted molar refractivity (Wildman–Crippen MR) is 123 cm³/mol. The summed E-state index contributed by atoms with van der Waals surface area (Å²) in [6.45, 7) is 3.00. The van der Waals surface area contributed by atoms with E-state index in [0.29, 0.717) is 12.8 Å². The number of aromatic nitrogens is 1. The van der Waals surface area contributed by atoms with Crippen LogP contribution >= 0.6 is 0 Å². The van der Waals surface area contributed by atoms with Crippen molar-refractivity contribution in [1.29, 1.82) is 0 Å². The lowest BCUT2D eigenvalue weighted by molar-refractivity contribution is -0.138. The van der Waals surface area contributed by atoms with Gasteiger partial charge in [0, 0.05) is 37.4 Å². The van der Waals surface area contributed by atoms with E-state index in [4.69, 9.17) is 0 Å². The summed E-state index contributed by atoms with van der Waals surface area (Å²) in [6, 6.07) is 22.8. The Morgan fingerprint density at radius 1 is 1.03 bits per heavy atom. The van der Waals surface area contributed by atoms with Gasteiger partial charge in [0.05, 0.1) is 6.04 Å². The van der Waals surface area contributed by atoms with Crippen LogP contribution in [0.1, 0.15) is 49.8 Å². The van der Waals surface area contributed by atoms with Crippen LogP contribution in [-0.2, 0) is 10.2 Å². The molecule has 4 heteroatoms. The number of hydrogen-bond donors (Lipinski definition) is 1. The van der Waals surface area contributed by atoms with Crippen molar-refractivity contribution >= 4 is 5.91 Å². The second-order valence-corrected chi connectivity index (χ2v) is 8.53. The maximum atomic E-state index is 13.3. The lowest BCUT2D eigenvalue weighted by Gasteiger charge is -2.44. The summed E-state index contributed by atoms with van der Waals surface area (Å²) >= 11 is 0. The predicted octanol–water partition coefficient (Wildman–Crippen LogP) is 5.14. The number of piperidine rings is 1. The molecular weight excluding hydrogens is 384 g/mol. The Bertz CT molecular complexity index is 989. The van der Waals surface area contributed by atoms with Gasteiger partial charge in [0.15, 0.2) is 0 Å². The van der Waals surface area contributed by atoms with E-state index in [1.165, 1.54) is 5.56 Å². The van der Waals surface area contributed by atoms with Crippen molar-refractivity contribution in [1.82, 2.24) is 9.88 Å². The molecule has 0 aliphatic carbocycles. The van der Waals surface area contributed by atoms with Gasteiger partial charge in [0.1, 0.15) is 0 Å². The number of aliphatic hydroxyl groups excluding tert-OH is 1. The van der Waals surface area contributed by atoms with Gasteiger partial charge in [-0.05, 0) is 54.5 Å². The van der Waals surface area contributed by atoms with Crippen LogP contribution in [0.5, 0.6) is 0 Å². The number of amides is 1. The minimum atomic E-state index is -0.179. The van der Waals surface area contributed by atoms with Crippen LogP contribution < -0.4 is 0 Å². The number of nitrogens with zero attached hydrogens (tertiary/aromatic N) is 2. The quantitative estimate of drug-likeness (QED) is 0.582. The van der Waals surface area contributed by atoms with Crippen molar-refractivity contribution in [2.75, 3.05) is 13.2 Å². The number of aliphatic hydroxyl groups is 1. The summed E-state index contributed by atoms with van der Waals surface area (Å²) in [4.78, 5) is 19.5. The molecular formula is C27H30N2O2. The fourth-order valence-corrected chi connectivity index (χ4v) is 4.83. The van der Waals surface area contributed by atoms with Crippen molar-refractivity contribution in [2.45, 2.75) is 44.1 Å². The molecule has 0 radical (unpaired) electrons. The molecule has 0 saturated carbocycles. The largest absolute Gasteiger partial charge is 0.396 e. The molecule has 2 heterocycles. The van der Waals surface area contributed by atoms with Crippen LogP contribution in [0.2, 0.25) is 0 Å². The third kappa shape index (κ3) is 4.54. The van der Waals surface area contributed by atoms with E-state index in [9.17, 15) is 9.90 Å². The molecule has 4 nitrogen and oxygen atoms in total. The Hall–Kier alpha value is -2.98. The molecule has 2 atom stereocenters. The molecule has 1 aliphatic heterocycles. The van der Waals surface area contributed by atoms with E-state index in [-0.39, 0.29) is 24.0 Å². The van der Waals surface area contributed by atoms with Gasteiger partial charge < -0.3 is 10.0 Å². The number of carbonyl (C=O) groups excluding carboxylic acids is 1. The second kappa shape index (κ2) is 9.44. The summed E-state index contributed by atoms with van der Waals surface area (Å²) in [5.74, 6) is 0.192. The van der Waals surface area contributed by atoms with Crippen LogP contribution in [0.3, 0.4) is 0 Å². The van der Waals surface area contributed by atoms with Gasteiger partial charge >= 0.3 is 0 Å². The fraction of sp³-hybridized carbons (Fsp3) is 0.333. The number of benzene rings is 2. The van der Waals surface area contributed by atoms with Crippen LogP contribution in [-0.4, -0.2) is 34.0 Å². The zero-order chi connectivity index (χ0) is 21.7. The Morgan fingerprint density at radius 3 is 2.45 bits per heavy atom. The second-order valence-electron chi connectivity index (χ2n) is 8.53. The zero-order valence-electron chi connectivity index (χ0n) is 18.1. The van der Waals surface area contributed by atoms with E-state index in [1.54, 1.807) is 6.20 Å². The van der Waals surface area contributed by atoms with E-state index < -0.39 is 0 Å². The molecule has 1 amide bonds. The molecule has 1 aromatic heterocycles. The molecule has 1 N–H and O–H groups in total. The maximum absolute atomic E-state index is 13.3. The number of pyridine rings is 1. The highest BCUT2D eigenvalue weighted by molar-refractivity contribution is 5.79. The van der Waals surface area contributed by atoms with Crippen molar-refractivity contribution in [3.63, 3.8) is 0 Å². The van der Waals surface area contributed by atoms with Gasteiger partial charge in [-0.3, -0.25) is 9.78 Å². The molecule has 1 saturated heterocycles. The molecule has 0 unspecified atom stereocenters. The molecule has 2 aromatic carbocycles. The SMILES string of the molecule is C[C@@H](c1ccc(-c2cccnc2)cc1)N1CC[C@](CCCO)(c2ccccc2)CC1=O. The van der Waals surface area contributed by atoms with Crippen molar-refractivity contribution < 1.29 is 9.90 Å². The third-order valence-electron chi connectivity index (χ3n) is 6.70. The van der Waals surface area contributed by atoms with Crippen LogP contribution in [0.25, 0.3) is 11.1 Å². The Labute approximate surface area is 184 Å². The molecule has 4 rings (SSSR count). The van der Waals surface area contributed by atoms with E-state index in [2.05, 4.69) is 54.4 Å². The first-order chi connectivity index (χ1) is 15.1. The first-order valence-electron chi connectivity index (χ1n) is 11.1. The van der Waals surface area contributed by atoms with Crippen LogP contribution in [0.4, 0.5) is 0 Å². The maximum Gasteiger partial charge on any atom is 0.223 e. The fourth-order valence-electron chi connectivity index (χ4n) is 4.83. The summed E-state index contributed by atoms with van der Waals surface area (Å²) in [6.07, 6.45) is 6.60. The topological polar surface area (TPSA) is 53.4 Å². The Balaban J connectivity index is 1.51. The summed E-state index contributed by atoms with van der Waals surface area (Å²) in [5.41, 5.74) is 4.39. The number of hydrogen-bond acceptors (Lipinski definition) is 3. The molecule has 0 spiro atoms. The monoisotopic (exact) mass is 414 g/mol. The van der Waals surface area contributed by atoms with Gasteiger partial charge in [0.2, 0.25) is 5.91 Å². The molecule has 31 heavy (non-hydrogen) atoms. The molecule has 3 aromatic rings. The molecule has 0 bridgehead atoms. The number of carbonyl (C=O) groups is 1. The van der Waals surface area contributed by atoms with Gasteiger partial charge in [0.25, 0.3) is 0 Å². The third-order valence-corrected chi connectivity index (χ3v) is 6.70. The summed E-state index contributed by atoms with van der Waals surface area (Å²) < 4.78 is 0. The average molecular weight is 415 g/mol. The van der Waals surface area contributed by atoms with Gasteiger partial charge in [-0.1, -0.05) is 60.7 Å². The van der Waals surface area contributed by atoms with Crippen molar-refractivity contribution in [3.8, 4) is 11.1 Å². The average Bonchev–Trinajstić information content (AvgIpc) is 2.83. The van der Waals surface area contributed by atoms with Gasteiger partial charge in [-0.2, -0.15) is 0 Å². The Morgan fingerprint density at radius 2 is 1.81 bits per heavy atom. The van der Waals surface area contributed by atoms with Gasteiger partial charge in [-0.25, -0.2) is 0 Å². The first kappa shape index (κ1) is 21.3. The van der Waals surface area contributed by atoms with Gasteiger partial charge in [-0.15, -0.1) is 0 Å². The highest BCUT2D eigenvalue weighted by Crippen LogP contribution is 2.42. The molecule has 1 aliphatic rings. The zero-order valence-corrected chi connectivity index (χ0v) is 18.1. The van der Waals surface area contributed by atoms with Crippen LogP contribution in [0, 0.1) is 0 Å². The van der Waals surface area contributed by atoms with Crippen molar-refractivity contribution in [2.24, 2.45) is 0 Å². The summed E-state index contributed by atoms with van der Waals surface area (Å²) in [7, 11) is 0. The standard InChI is InChI=1S/C27H30N2O2/c1-21(22-10-12-23(13-11-22)24-7-5-16-28-20-24)29-17-15-27(14-6-18-30,19-26(29)31)25-8-3-2-4-9-25/h2-5,7-13,16,20-21,30H,6,14-15,17-19H2,1H3/t21-,27-/m0/s1. The minimum absolute atomic E-state index is 0.0297. The number of likely N-dealkylation sites (tertiary alicyclic amines) is 1.